The molecular formula is C36H40N6O11S. The van der Waals surface area contributed by atoms with Crippen LogP contribution in [0.2, 0.25) is 0 Å². The SMILES string of the molecule is C[C@@H](O)[C@H]1C(=O)N2C(C(=O)OCc3ccc([N+](=O)[O-])cc3)=C(S[C@H]3C[C@@H](C(=O)N4C[C@@H]5C[C@H]4CN5C)N(C(=O)OCc4ccc([N+](=O)[O-])cc4)C3)[C@H](C)[C@H]12. The number of likely N-dealkylation sites (tertiary alicyclic amines) is 3. The molecule has 0 radical (unpaired) electrons. The molecule has 8 atom stereocenters. The van der Waals surface area contributed by atoms with Gasteiger partial charge >= 0.3 is 12.1 Å². The lowest BCUT2D eigenvalue weighted by Gasteiger charge is -2.46. The molecule has 286 valence electrons. The number of amides is 3. The van der Waals surface area contributed by atoms with Gasteiger partial charge in [0.05, 0.1) is 27.9 Å². The predicted octanol–water partition coefficient (Wildman–Crippen LogP) is 3.04. The minimum Gasteiger partial charge on any atom is -0.456 e. The van der Waals surface area contributed by atoms with Gasteiger partial charge in [-0.3, -0.25) is 39.6 Å². The van der Waals surface area contributed by atoms with Gasteiger partial charge in [0.2, 0.25) is 11.8 Å². The number of ether oxygens (including phenoxy) is 2. The summed E-state index contributed by atoms with van der Waals surface area (Å²) in [7, 11) is 2.03. The number of hydrogen-bond donors (Lipinski definition) is 1. The molecule has 2 aromatic carbocycles. The smallest absolute Gasteiger partial charge is 0.410 e. The van der Waals surface area contributed by atoms with Crippen LogP contribution in [0.4, 0.5) is 16.2 Å². The molecule has 0 saturated carbocycles. The number of nitro benzene ring substituents is 2. The van der Waals surface area contributed by atoms with E-state index in [9.17, 15) is 44.5 Å². The minimum atomic E-state index is -0.965. The summed E-state index contributed by atoms with van der Waals surface area (Å²) in [4.78, 5) is 83.5. The largest absolute Gasteiger partial charge is 0.456 e. The second-order valence-electron chi connectivity index (χ2n) is 14.6. The van der Waals surface area contributed by atoms with E-state index in [0.29, 0.717) is 22.6 Å². The minimum absolute atomic E-state index is 0.0266. The van der Waals surface area contributed by atoms with E-state index in [1.54, 1.807) is 0 Å². The Labute approximate surface area is 314 Å². The number of hydrogen-bond acceptors (Lipinski definition) is 13. The standard InChI is InChI=1S/C36H40N6O11S/c1-19-30-29(20(2)43)34(45)40(30)31(35(46)52-17-21-4-8-23(9-5-21)41(48)49)32(19)54-27-13-28(33(44)38-15-25-12-26(38)14-37(25)3)39(16-27)36(47)53-18-22-6-10-24(11-7-22)42(50)51/h4-11,19-20,25-30,43H,12-18H2,1-3H3/t19-,20-,25+,26+,27+,28+,29-,30-/m1/s1. The van der Waals surface area contributed by atoms with Crippen LogP contribution in [0.3, 0.4) is 0 Å². The number of carbonyl (C=O) groups excluding carboxylic acids is 4. The number of non-ortho nitro benzene ring substituents is 2. The van der Waals surface area contributed by atoms with Crippen molar-refractivity contribution < 1.29 is 43.6 Å². The average molecular weight is 765 g/mol. The molecule has 17 nitrogen and oxygen atoms in total. The molecule has 4 saturated heterocycles. The third kappa shape index (κ3) is 6.77. The maximum absolute atomic E-state index is 14.2. The number of β-lactam (4-membered cyclic amide) rings is 1. The molecule has 1 N–H and O–H groups in total. The van der Waals surface area contributed by atoms with Gasteiger partial charge in [-0.05, 0) is 62.2 Å². The van der Waals surface area contributed by atoms with Crippen LogP contribution in [0, 0.1) is 32.1 Å². The zero-order valence-electron chi connectivity index (χ0n) is 29.8. The Hall–Kier alpha value is -5.07. The molecule has 2 bridgehead atoms. The third-order valence-corrected chi connectivity index (χ3v) is 12.7. The number of piperazine rings is 1. The number of fused-ring (bicyclic) bond motifs is 3. The maximum Gasteiger partial charge on any atom is 0.410 e. The Bertz CT molecular complexity index is 1900. The number of esters is 1. The van der Waals surface area contributed by atoms with Crippen molar-refractivity contribution in [1.29, 1.82) is 0 Å². The molecule has 3 amide bonds. The fraction of sp³-hybridized carbons (Fsp3) is 0.500. The van der Waals surface area contributed by atoms with Gasteiger partial charge in [-0.1, -0.05) is 6.92 Å². The van der Waals surface area contributed by atoms with Crippen molar-refractivity contribution in [3.05, 3.63) is 90.5 Å². The molecular weight excluding hydrogens is 724 g/mol. The van der Waals surface area contributed by atoms with Crippen molar-refractivity contribution in [2.24, 2.45) is 11.8 Å². The summed E-state index contributed by atoms with van der Waals surface area (Å²) in [6.45, 7) is 4.40. The molecule has 0 spiro atoms. The van der Waals surface area contributed by atoms with Gasteiger partial charge in [-0.25, -0.2) is 9.59 Å². The molecule has 5 aliphatic rings. The first-order valence-corrected chi connectivity index (χ1v) is 18.6. The van der Waals surface area contributed by atoms with Crippen molar-refractivity contribution in [2.45, 2.75) is 75.4 Å². The molecule has 0 aromatic heterocycles. The summed E-state index contributed by atoms with van der Waals surface area (Å²) in [5.74, 6) is -2.48. The zero-order chi connectivity index (χ0) is 38.6. The molecule has 4 fully saturated rings. The Balaban J connectivity index is 1.12. The number of thioether (sulfide) groups is 1. The highest BCUT2D eigenvalue weighted by atomic mass is 32.2. The van der Waals surface area contributed by atoms with Gasteiger partial charge in [0, 0.05) is 72.1 Å². The summed E-state index contributed by atoms with van der Waals surface area (Å²) in [6, 6.07) is 10.1. The van der Waals surface area contributed by atoms with Crippen LogP contribution in [0.15, 0.2) is 59.1 Å². The number of aliphatic hydroxyl groups is 1. The normalized spacial score (nSPS) is 27.9. The quantitative estimate of drug-likeness (QED) is 0.151. The van der Waals surface area contributed by atoms with Gasteiger partial charge in [0.1, 0.15) is 25.0 Å². The van der Waals surface area contributed by atoms with E-state index in [1.165, 1.54) is 77.0 Å². The predicted molar refractivity (Wildman–Crippen MR) is 191 cm³/mol. The lowest BCUT2D eigenvalue weighted by atomic mass is 9.79. The second kappa shape index (κ2) is 14.6. The molecule has 18 heteroatoms. The number of rotatable bonds is 11. The van der Waals surface area contributed by atoms with E-state index in [0.717, 1.165) is 13.0 Å². The monoisotopic (exact) mass is 764 g/mol. The lowest BCUT2D eigenvalue weighted by Crippen LogP contribution is -2.63. The molecule has 0 aliphatic carbocycles. The van der Waals surface area contributed by atoms with E-state index in [1.807, 2.05) is 18.9 Å². The van der Waals surface area contributed by atoms with Crippen molar-refractivity contribution in [3.63, 3.8) is 0 Å². The van der Waals surface area contributed by atoms with Crippen LogP contribution < -0.4 is 0 Å². The zero-order valence-corrected chi connectivity index (χ0v) is 30.6. The highest BCUT2D eigenvalue weighted by Crippen LogP contribution is 2.52. The molecule has 0 unspecified atom stereocenters. The molecule has 5 heterocycles. The van der Waals surface area contributed by atoms with Crippen molar-refractivity contribution >= 4 is 47.0 Å². The molecule has 54 heavy (non-hydrogen) atoms. The Kier molecular flexibility index (Phi) is 10.1. The van der Waals surface area contributed by atoms with Gasteiger partial charge in [0.25, 0.3) is 11.4 Å². The highest BCUT2D eigenvalue weighted by Gasteiger charge is 2.61. The molecule has 5 aliphatic heterocycles. The number of carbonyl (C=O) groups is 4. The van der Waals surface area contributed by atoms with Crippen molar-refractivity contribution in [3.8, 4) is 0 Å². The van der Waals surface area contributed by atoms with E-state index in [4.69, 9.17) is 9.47 Å². The van der Waals surface area contributed by atoms with Crippen LogP contribution in [0.25, 0.3) is 0 Å². The van der Waals surface area contributed by atoms with E-state index < -0.39 is 51.9 Å². The molecule has 7 rings (SSSR count). The van der Waals surface area contributed by atoms with Crippen molar-refractivity contribution in [1.82, 2.24) is 19.6 Å². The first-order chi connectivity index (χ1) is 25.7. The van der Waals surface area contributed by atoms with Crippen LogP contribution in [0.5, 0.6) is 0 Å². The Morgan fingerprint density at radius 1 is 0.889 bits per heavy atom. The second-order valence-corrected chi connectivity index (χ2v) is 15.9. The topological polar surface area (TPSA) is 206 Å². The number of likely N-dealkylation sites (N-methyl/N-ethyl adjacent to an activating group) is 1. The Morgan fingerprint density at radius 3 is 2.00 bits per heavy atom. The van der Waals surface area contributed by atoms with Gasteiger partial charge < -0.3 is 24.4 Å². The summed E-state index contributed by atoms with van der Waals surface area (Å²) in [5, 5.41) is 32.2. The van der Waals surface area contributed by atoms with E-state index >= 15 is 0 Å². The van der Waals surface area contributed by atoms with Gasteiger partial charge in [-0.15, -0.1) is 11.8 Å². The number of aliphatic hydroxyl groups excluding tert-OH is 1. The van der Waals surface area contributed by atoms with Crippen LogP contribution in [-0.2, 0) is 37.1 Å². The number of benzene rings is 2. The van der Waals surface area contributed by atoms with Gasteiger partial charge in [-0.2, -0.15) is 0 Å². The fourth-order valence-electron chi connectivity index (χ4n) is 8.37. The summed E-state index contributed by atoms with van der Waals surface area (Å²) >= 11 is 1.30. The average Bonchev–Trinajstić information content (AvgIpc) is 3.91. The van der Waals surface area contributed by atoms with Crippen LogP contribution in [-0.4, -0.2) is 121 Å². The summed E-state index contributed by atoms with van der Waals surface area (Å²) < 4.78 is 11.3. The summed E-state index contributed by atoms with van der Waals surface area (Å²) in [6.07, 6.45) is -0.587. The highest BCUT2D eigenvalue weighted by molar-refractivity contribution is 8.03. The maximum atomic E-state index is 14.2. The third-order valence-electron chi connectivity index (χ3n) is 11.2. The Morgan fingerprint density at radius 2 is 1.48 bits per heavy atom. The molecule has 2 aromatic rings. The number of nitro groups is 2. The fourth-order valence-corrected chi connectivity index (χ4v) is 9.89. The van der Waals surface area contributed by atoms with E-state index in [2.05, 4.69) is 4.90 Å². The van der Waals surface area contributed by atoms with E-state index in [-0.39, 0.29) is 72.4 Å². The van der Waals surface area contributed by atoms with Crippen LogP contribution in [0.1, 0.15) is 37.8 Å². The number of nitrogens with zero attached hydrogens (tertiary/aromatic N) is 6. The summed E-state index contributed by atoms with van der Waals surface area (Å²) in [5.41, 5.74) is 0.868. The first-order valence-electron chi connectivity index (χ1n) is 17.7. The van der Waals surface area contributed by atoms with Crippen molar-refractivity contribution in [2.75, 3.05) is 26.7 Å². The lowest BCUT2D eigenvalue weighted by molar-refractivity contribution is -0.385. The van der Waals surface area contributed by atoms with Crippen LogP contribution >= 0.6 is 11.8 Å². The first kappa shape index (κ1) is 37.3. The van der Waals surface area contributed by atoms with Gasteiger partial charge in [0.15, 0.2) is 0 Å².